The Morgan fingerprint density at radius 1 is 1.47 bits per heavy atom. The first-order valence-corrected chi connectivity index (χ1v) is 5.79. The van der Waals surface area contributed by atoms with E-state index in [2.05, 4.69) is 6.92 Å². The van der Waals surface area contributed by atoms with Crippen LogP contribution in [-0.2, 0) is 9.53 Å². The molecule has 1 saturated carbocycles. The summed E-state index contributed by atoms with van der Waals surface area (Å²) in [6.45, 7) is 7.10. The van der Waals surface area contributed by atoms with Crippen molar-refractivity contribution in [3.63, 3.8) is 0 Å². The summed E-state index contributed by atoms with van der Waals surface area (Å²) in [5.41, 5.74) is -0.0758. The quantitative estimate of drug-likeness (QED) is 0.763. The van der Waals surface area contributed by atoms with Crippen LogP contribution >= 0.6 is 0 Å². The van der Waals surface area contributed by atoms with Gasteiger partial charge in [-0.25, -0.2) is 0 Å². The molecule has 2 fully saturated rings. The summed E-state index contributed by atoms with van der Waals surface area (Å²) in [5, 5.41) is 9.10. The van der Waals surface area contributed by atoms with E-state index in [-0.39, 0.29) is 23.4 Å². The molecule has 0 aromatic carbocycles. The minimum Gasteiger partial charge on any atom is -0.481 e. The van der Waals surface area contributed by atoms with Crippen molar-refractivity contribution in [2.75, 3.05) is 6.61 Å². The number of carboxylic acids is 1. The molecule has 1 saturated heterocycles. The SMILES string of the molecule is C[C@H]1CCO[C@H]([C@H]2[C@H](C(=O)O)C2(C)C)C1. The third kappa shape index (κ3) is 1.78. The molecule has 3 heteroatoms. The summed E-state index contributed by atoms with van der Waals surface area (Å²) in [6, 6.07) is 0. The standard InChI is InChI=1S/C12H20O3/c1-7-4-5-15-8(6-7)9-10(11(13)14)12(9,2)3/h7-10H,4-6H2,1-3H3,(H,13,14)/t7-,8-,9-,10+/m0/s1. The van der Waals surface area contributed by atoms with E-state index in [1.807, 2.05) is 13.8 Å². The number of hydrogen-bond donors (Lipinski definition) is 1. The molecule has 2 aliphatic rings. The second kappa shape index (κ2) is 3.48. The Hall–Kier alpha value is -0.570. The van der Waals surface area contributed by atoms with Crippen LogP contribution in [0.4, 0.5) is 0 Å². The number of aliphatic carboxylic acids is 1. The van der Waals surface area contributed by atoms with Crippen molar-refractivity contribution in [1.29, 1.82) is 0 Å². The second-order valence-corrected chi connectivity index (χ2v) is 5.70. The molecule has 4 atom stereocenters. The average Bonchev–Trinajstić information content (AvgIpc) is 2.69. The number of carbonyl (C=O) groups is 1. The van der Waals surface area contributed by atoms with Gasteiger partial charge in [0.2, 0.25) is 0 Å². The summed E-state index contributed by atoms with van der Waals surface area (Å²) in [5.74, 6) is 0.0342. The van der Waals surface area contributed by atoms with E-state index < -0.39 is 5.97 Å². The lowest BCUT2D eigenvalue weighted by atomic mass is 9.92. The van der Waals surface area contributed by atoms with E-state index in [1.54, 1.807) is 0 Å². The molecule has 1 heterocycles. The maximum atomic E-state index is 11.1. The molecule has 0 aromatic heterocycles. The monoisotopic (exact) mass is 212 g/mol. The zero-order valence-electron chi connectivity index (χ0n) is 9.69. The molecule has 0 aromatic rings. The zero-order chi connectivity index (χ0) is 11.2. The first-order chi connectivity index (χ1) is 6.94. The van der Waals surface area contributed by atoms with Gasteiger partial charge < -0.3 is 9.84 Å². The van der Waals surface area contributed by atoms with Gasteiger partial charge in [-0.2, -0.15) is 0 Å². The van der Waals surface area contributed by atoms with E-state index in [1.165, 1.54) is 0 Å². The molecule has 1 N–H and O–H groups in total. The third-order valence-electron chi connectivity index (χ3n) is 4.15. The Bertz CT molecular complexity index is 272. The highest BCUT2D eigenvalue weighted by Crippen LogP contribution is 2.61. The van der Waals surface area contributed by atoms with Crippen molar-refractivity contribution in [2.24, 2.45) is 23.2 Å². The summed E-state index contributed by atoms with van der Waals surface area (Å²) in [6.07, 6.45) is 2.31. The molecule has 0 spiro atoms. The number of hydrogen-bond acceptors (Lipinski definition) is 2. The summed E-state index contributed by atoms with van der Waals surface area (Å²) < 4.78 is 5.72. The minimum absolute atomic E-state index is 0.0758. The van der Waals surface area contributed by atoms with E-state index in [0.29, 0.717) is 5.92 Å². The Labute approximate surface area is 90.8 Å². The average molecular weight is 212 g/mol. The number of ether oxygens (including phenoxy) is 1. The molecular weight excluding hydrogens is 192 g/mol. The fourth-order valence-electron chi connectivity index (χ4n) is 3.10. The molecule has 1 aliphatic carbocycles. The van der Waals surface area contributed by atoms with E-state index in [4.69, 9.17) is 9.84 Å². The van der Waals surface area contributed by atoms with Crippen molar-refractivity contribution in [3.8, 4) is 0 Å². The highest BCUT2D eigenvalue weighted by atomic mass is 16.5. The van der Waals surface area contributed by atoms with Gasteiger partial charge in [-0.1, -0.05) is 20.8 Å². The van der Waals surface area contributed by atoms with Crippen LogP contribution in [0.1, 0.15) is 33.6 Å². The topological polar surface area (TPSA) is 46.5 Å². The molecule has 0 unspecified atom stereocenters. The lowest BCUT2D eigenvalue weighted by Gasteiger charge is -2.28. The minimum atomic E-state index is -0.660. The van der Waals surface area contributed by atoms with E-state index in [9.17, 15) is 4.79 Å². The van der Waals surface area contributed by atoms with Gasteiger partial charge >= 0.3 is 5.97 Å². The summed E-state index contributed by atoms with van der Waals surface area (Å²) in [4.78, 5) is 11.1. The molecule has 0 bridgehead atoms. The first kappa shape index (κ1) is 10.9. The van der Waals surface area contributed by atoms with Crippen LogP contribution in [0.2, 0.25) is 0 Å². The van der Waals surface area contributed by atoms with E-state index >= 15 is 0 Å². The van der Waals surface area contributed by atoms with Crippen molar-refractivity contribution < 1.29 is 14.6 Å². The van der Waals surface area contributed by atoms with Gasteiger partial charge in [0.25, 0.3) is 0 Å². The van der Waals surface area contributed by atoms with Crippen molar-refractivity contribution in [2.45, 2.75) is 39.7 Å². The Balaban J connectivity index is 2.03. The lowest BCUT2D eigenvalue weighted by Crippen LogP contribution is -2.28. The smallest absolute Gasteiger partial charge is 0.307 e. The zero-order valence-corrected chi connectivity index (χ0v) is 9.69. The van der Waals surface area contributed by atoms with Gasteiger partial charge in [0.15, 0.2) is 0 Å². The van der Waals surface area contributed by atoms with Crippen molar-refractivity contribution in [1.82, 2.24) is 0 Å². The van der Waals surface area contributed by atoms with Crippen LogP contribution in [0, 0.1) is 23.2 Å². The fourth-order valence-corrected chi connectivity index (χ4v) is 3.10. The van der Waals surface area contributed by atoms with Crippen LogP contribution < -0.4 is 0 Å². The molecule has 0 amide bonds. The van der Waals surface area contributed by atoms with Crippen LogP contribution in [-0.4, -0.2) is 23.8 Å². The first-order valence-electron chi connectivity index (χ1n) is 5.79. The van der Waals surface area contributed by atoms with Crippen LogP contribution in [0.15, 0.2) is 0 Å². The van der Waals surface area contributed by atoms with Crippen molar-refractivity contribution >= 4 is 5.97 Å². The molecule has 86 valence electrons. The van der Waals surface area contributed by atoms with Gasteiger partial charge in [0, 0.05) is 12.5 Å². The maximum absolute atomic E-state index is 11.1. The molecular formula is C12H20O3. The van der Waals surface area contributed by atoms with Gasteiger partial charge in [-0.3, -0.25) is 4.79 Å². The largest absolute Gasteiger partial charge is 0.481 e. The second-order valence-electron chi connectivity index (χ2n) is 5.70. The fraction of sp³-hybridized carbons (Fsp3) is 0.917. The van der Waals surface area contributed by atoms with Gasteiger partial charge in [-0.05, 0) is 24.2 Å². The van der Waals surface area contributed by atoms with E-state index in [0.717, 1.165) is 19.4 Å². The van der Waals surface area contributed by atoms with Crippen LogP contribution in [0.25, 0.3) is 0 Å². The van der Waals surface area contributed by atoms with Gasteiger partial charge in [0.05, 0.1) is 12.0 Å². The Morgan fingerprint density at radius 2 is 2.13 bits per heavy atom. The molecule has 1 aliphatic heterocycles. The van der Waals surface area contributed by atoms with Gasteiger partial charge in [0.1, 0.15) is 0 Å². The lowest BCUT2D eigenvalue weighted by molar-refractivity contribution is -0.140. The molecule has 15 heavy (non-hydrogen) atoms. The summed E-state index contributed by atoms with van der Waals surface area (Å²) in [7, 11) is 0. The third-order valence-corrected chi connectivity index (χ3v) is 4.15. The normalized spacial score (nSPS) is 43.7. The molecule has 0 radical (unpaired) electrons. The molecule has 3 nitrogen and oxygen atoms in total. The Kier molecular flexibility index (Phi) is 2.53. The summed E-state index contributed by atoms with van der Waals surface area (Å²) >= 11 is 0. The predicted octanol–water partition coefficient (Wildman–Crippen LogP) is 2.16. The highest BCUT2D eigenvalue weighted by molar-refractivity contribution is 5.75. The number of carboxylic acid groups (broad SMARTS) is 1. The Morgan fingerprint density at radius 3 is 2.60 bits per heavy atom. The van der Waals surface area contributed by atoms with Crippen LogP contribution in [0.3, 0.4) is 0 Å². The van der Waals surface area contributed by atoms with Gasteiger partial charge in [-0.15, -0.1) is 0 Å². The number of rotatable bonds is 2. The molecule has 2 rings (SSSR count). The van der Waals surface area contributed by atoms with Crippen LogP contribution in [0.5, 0.6) is 0 Å². The van der Waals surface area contributed by atoms with Crippen molar-refractivity contribution in [3.05, 3.63) is 0 Å². The maximum Gasteiger partial charge on any atom is 0.307 e. The highest BCUT2D eigenvalue weighted by Gasteiger charge is 2.65. The predicted molar refractivity (Wildman–Crippen MR) is 56.5 cm³/mol.